The van der Waals surface area contributed by atoms with E-state index >= 15 is 0 Å². The van der Waals surface area contributed by atoms with Gasteiger partial charge in [0, 0.05) is 24.8 Å². The number of hydrogen-bond acceptors (Lipinski definition) is 3. The lowest BCUT2D eigenvalue weighted by Crippen LogP contribution is -2.36. The smallest absolute Gasteiger partial charge is 0.213 e. The summed E-state index contributed by atoms with van der Waals surface area (Å²) in [6, 6.07) is 4.78. The molecule has 1 spiro atoms. The van der Waals surface area contributed by atoms with Gasteiger partial charge in [0.2, 0.25) is 5.88 Å². The van der Waals surface area contributed by atoms with Crippen molar-refractivity contribution in [1.82, 2.24) is 10.3 Å². The predicted octanol–water partition coefficient (Wildman–Crippen LogP) is 3.68. The molecule has 1 aromatic rings. The Labute approximate surface area is 122 Å². The Kier molecular flexibility index (Phi) is 4.25. The second-order valence-corrected chi connectivity index (χ2v) is 6.57. The summed E-state index contributed by atoms with van der Waals surface area (Å²) in [5.74, 6) is 0.706. The van der Waals surface area contributed by atoms with Gasteiger partial charge < -0.3 is 10.1 Å². The fourth-order valence-electron chi connectivity index (χ4n) is 3.99. The highest BCUT2D eigenvalue weighted by atomic mass is 16.5. The minimum atomic E-state index is 0.695. The first-order valence-electron chi connectivity index (χ1n) is 8.02. The average molecular weight is 274 g/mol. The molecule has 1 heterocycles. The van der Waals surface area contributed by atoms with Crippen molar-refractivity contribution in [2.75, 3.05) is 7.11 Å². The molecular formula is C17H26N2O. The van der Waals surface area contributed by atoms with Crippen molar-refractivity contribution in [2.24, 2.45) is 5.41 Å². The van der Waals surface area contributed by atoms with Crippen LogP contribution in [0.25, 0.3) is 0 Å². The molecule has 1 N–H and O–H groups in total. The number of ether oxygens (including phenoxy) is 1. The SMILES string of the molecule is COc1cc(CNC2CCC3(CCCC3)CC2)ccn1. The molecule has 20 heavy (non-hydrogen) atoms. The van der Waals surface area contributed by atoms with Crippen LogP contribution in [0.2, 0.25) is 0 Å². The van der Waals surface area contributed by atoms with Gasteiger partial charge in [0.25, 0.3) is 0 Å². The monoisotopic (exact) mass is 274 g/mol. The van der Waals surface area contributed by atoms with E-state index < -0.39 is 0 Å². The van der Waals surface area contributed by atoms with Crippen LogP contribution < -0.4 is 10.1 Å². The first kappa shape index (κ1) is 13.9. The Bertz CT molecular complexity index is 430. The summed E-state index contributed by atoms with van der Waals surface area (Å²) in [5, 5.41) is 3.71. The minimum absolute atomic E-state index is 0.695. The van der Waals surface area contributed by atoms with Crippen LogP contribution in [0, 0.1) is 5.41 Å². The van der Waals surface area contributed by atoms with Gasteiger partial charge in [-0.15, -0.1) is 0 Å². The topological polar surface area (TPSA) is 34.1 Å². The number of pyridine rings is 1. The van der Waals surface area contributed by atoms with Crippen molar-refractivity contribution in [2.45, 2.75) is 64.0 Å². The zero-order chi connectivity index (χ0) is 13.8. The molecule has 0 radical (unpaired) electrons. The molecule has 110 valence electrons. The number of hydrogen-bond donors (Lipinski definition) is 1. The third kappa shape index (κ3) is 3.14. The van der Waals surface area contributed by atoms with E-state index in [0.29, 0.717) is 11.9 Å². The van der Waals surface area contributed by atoms with E-state index in [1.165, 1.54) is 56.9 Å². The Morgan fingerprint density at radius 3 is 2.70 bits per heavy atom. The lowest BCUT2D eigenvalue weighted by atomic mass is 9.71. The highest BCUT2D eigenvalue weighted by molar-refractivity contribution is 5.20. The molecule has 0 unspecified atom stereocenters. The zero-order valence-electron chi connectivity index (χ0n) is 12.5. The number of nitrogens with one attached hydrogen (secondary N) is 1. The van der Waals surface area contributed by atoms with Gasteiger partial charge in [0.1, 0.15) is 0 Å². The summed E-state index contributed by atoms with van der Waals surface area (Å²) in [6.07, 6.45) is 13.3. The third-order valence-corrected chi connectivity index (χ3v) is 5.31. The first-order valence-corrected chi connectivity index (χ1v) is 8.02. The van der Waals surface area contributed by atoms with E-state index in [-0.39, 0.29) is 0 Å². The van der Waals surface area contributed by atoms with Gasteiger partial charge in [0.15, 0.2) is 0 Å². The number of rotatable bonds is 4. The lowest BCUT2D eigenvalue weighted by molar-refractivity contribution is 0.168. The van der Waals surface area contributed by atoms with Crippen molar-refractivity contribution in [3.8, 4) is 5.88 Å². The van der Waals surface area contributed by atoms with E-state index in [9.17, 15) is 0 Å². The second-order valence-electron chi connectivity index (χ2n) is 6.57. The molecule has 3 nitrogen and oxygen atoms in total. The van der Waals surface area contributed by atoms with Crippen molar-refractivity contribution in [3.63, 3.8) is 0 Å². The van der Waals surface area contributed by atoms with E-state index in [1.54, 1.807) is 7.11 Å². The van der Waals surface area contributed by atoms with Crippen LogP contribution in [0.5, 0.6) is 5.88 Å². The van der Waals surface area contributed by atoms with Gasteiger partial charge in [-0.2, -0.15) is 0 Å². The Balaban J connectivity index is 1.47. The van der Waals surface area contributed by atoms with Crippen LogP contribution in [-0.4, -0.2) is 18.1 Å². The summed E-state index contributed by atoms with van der Waals surface area (Å²) >= 11 is 0. The highest BCUT2D eigenvalue weighted by Gasteiger charge is 2.37. The van der Waals surface area contributed by atoms with E-state index in [4.69, 9.17) is 4.74 Å². The molecule has 0 aromatic carbocycles. The molecule has 0 bridgehead atoms. The normalized spacial score (nSPS) is 22.2. The Hall–Kier alpha value is -1.09. The first-order chi connectivity index (χ1) is 9.80. The summed E-state index contributed by atoms with van der Waals surface area (Å²) < 4.78 is 5.17. The molecule has 0 saturated heterocycles. The van der Waals surface area contributed by atoms with Gasteiger partial charge in [0.05, 0.1) is 7.11 Å². The molecule has 0 atom stereocenters. The minimum Gasteiger partial charge on any atom is -0.481 e. The van der Waals surface area contributed by atoms with Crippen LogP contribution >= 0.6 is 0 Å². The van der Waals surface area contributed by atoms with Gasteiger partial charge in [-0.25, -0.2) is 4.98 Å². The van der Waals surface area contributed by atoms with Crippen LogP contribution in [-0.2, 0) is 6.54 Å². The van der Waals surface area contributed by atoms with Crippen molar-refractivity contribution in [3.05, 3.63) is 23.9 Å². The largest absolute Gasteiger partial charge is 0.481 e. The second kappa shape index (κ2) is 6.13. The summed E-state index contributed by atoms with van der Waals surface area (Å²) in [7, 11) is 1.67. The molecule has 1 aromatic heterocycles. The summed E-state index contributed by atoms with van der Waals surface area (Å²) in [5.41, 5.74) is 2.00. The van der Waals surface area contributed by atoms with Crippen molar-refractivity contribution in [1.29, 1.82) is 0 Å². The molecule has 2 saturated carbocycles. The van der Waals surface area contributed by atoms with Crippen LogP contribution in [0.1, 0.15) is 56.9 Å². The zero-order valence-corrected chi connectivity index (χ0v) is 12.5. The third-order valence-electron chi connectivity index (χ3n) is 5.31. The molecule has 2 aliphatic carbocycles. The van der Waals surface area contributed by atoms with E-state index in [1.807, 2.05) is 12.3 Å². The van der Waals surface area contributed by atoms with Gasteiger partial charge in [-0.3, -0.25) is 0 Å². The van der Waals surface area contributed by atoms with Crippen LogP contribution in [0.3, 0.4) is 0 Å². The van der Waals surface area contributed by atoms with E-state index in [0.717, 1.165) is 12.0 Å². The molecule has 2 aliphatic rings. The lowest BCUT2D eigenvalue weighted by Gasteiger charge is -2.37. The summed E-state index contributed by atoms with van der Waals surface area (Å²) in [4.78, 5) is 4.15. The number of methoxy groups -OCH3 is 1. The van der Waals surface area contributed by atoms with Crippen LogP contribution in [0.15, 0.2) is 18.3 Å². The fourth-order valence-corrected chi connectivity index (χ4v) is 3.99. The fraction of sp³-hybridized carbons (Fsp3) is 0.706. The summed E-state index contributed by atoms with van der Waals surface area (Å²) in [6.45, 7) is 0.927. The number of nitrogens with zero attached hydrogens (tertiary/aromatic N) is 1. The van der Waals surface area contributed by atoms with Crippen molar-refractivity contribution >= 4 is 0 Å². The average Bonchev–Trinajstić information content (AvgIpc) is 2.95. The number of aromatic nitrogens is 1. The molecule has 3 rings (SSSR count). The van der Waals surface area contributed by atoms with Gasteiger partial charge >= 0.3 is 0 Å². The van der Waals surface area contributed by atoms with Crippen molar-refractivity contribution < 1.29 is 4.74 Å². The molecule has 0 aliphatic heterocycles. The Morgan fingerprint density at radius 2 is 2.00 bits per heavy atom. The maximum atomic E-state index is 5.17. The molecular weight excluding hydrogens is 248 g/mol. The maximum absolute atomic E-state index is 5.17. The quantitative estimate of drug-likeness (QED) is 0.909. The van der Waals surface area contributed by atoms with E-state index in [2.05, 4.69) is 16.4 Å². The van der Waals surface area contributed by atoms with Gasteiger partial charge in [-0.1, -0.05) is 12.8 Å². The van der Waals surface area contributed by atoms with Crippen LogP contribution in [0.4, 0.5) is 0 Å². The molecule has 3 heteroatoms. The maximum Gasteiger partial charge on any atom is 0.213 e. The Morgan fingerprint density at radius 1 is 1.25 bits per heavy atom. The van der Waals surface area contributed by atoms with Gasteiger partial charge in [-0.05, 0) is 55.6 Å². The standard InChI is InChI=1S/C17H26N2O/c1-20-16-12-14(6-11-18-16)13-19-15-4-9-17(10-5-15)7-2-3-8-17/h6,11-12,15,19H,2-5,7-10,13H2,1H3. The molecule has 0 amide bonds. The highest BCUT2D eigenvalue weighted by Crippen LogP contribution is 2.48. The molecule has 2 fully saturated rings. The predicted molar refractivity (Wildman–Crippen MR) is 80.8 cm³/mol.